The van der Waals surface area contributed by atoms with Crippen LogP contribution >= 0.6 is 0 Å². The van der Waals surface area contributed by atoms with Gasteiger partial charge < -0.3 is 0 Å². The van der Waals surface area contributed by atoms with Crippen LogP contribution in [0.25, 0.3) is 5.57 Å². The molecule has 0 atom stereocenters. The first-order valence-electron chi connectivity index (χ1n) is 7.75. The standard InChI is InChI=1S/C21H16O3S/c22-21(18-12-6-2-7-13-18)20(17-10-4-1-5-11-17)16-25(23,24)19-14-8-3-9-15-19/h1-16H/b20-16-. The predicted molar refractivity (Wildman–Crippen MR) is 98.8 cm³/mol. The molecule has 0 saturated heterocycles. The molecular weight excluding hydrogens is 332 g/mol. The lowest BCUT2D eigenvalue weighted by Crippen LogP contribution is -2.06. The van der Waals surface area contributed by atoms with Crippen LogP contribution < -0.4 is 0 Å². The maximum Gasteiger partial charge on any atom is 0.200 e. The zero-order chi connectivity index (χ0) is 17.7. The van der Waals surface area contributed by atoms with Crippen molar-refractivity contribution in [1.29, 1.82) is 0 Å². The lowest BCUT2D eigenvalue weighted by Gasteiger charge is -2.08. The normalized spacial score (nSPS) is 11.9. The van der Waals surface area contributed by atoms with E-state index in [1.807, 2.05) is 12.1 Å². The number of carbonyl (C=O) groups excluding carboxylic acids is 1. The smallest absolute Gasteiger partial charge is 0.200 e. The molecule has 25 heavy (non-hydrogen) atoms. The average molecular weight is 348 g/mol. The van der Waals surface area contributed by atoms with Crippen molar-refractivity contribution in [3.63, 3.8) is 0 Å². The molecule has 0 N–H and O–H groups in total. The minimum absolute atomic E-state index is 0.149. The Morgan fingerprint density at radius 1 is 0.640 bits per heavy atom. The Morgan fingerprint density at radius 2 is 1.08 bits per heavy atom. The average Bonchev–Trinajstić information content (AvgIpc) is 2.68. The highest BCUT2D eigenvalue weighted by molar-refractivity contribution is 7.94. The van der Waals surface area contributed by atoms with Gasteiger partial charge in [0.25, 0.3) is 0 Å². The summed E-state index contributed by atoms with van der Waals surface area (Å²) in [5.74, 6) is -0.327. The van der Waals surface area contributed by atoms with E-state index in [1.165, 1.54) is 12.1 Å². The molecule has 0 saturated carbocycles. The molecule has 0 unspecified atom stereocenters. The van der Waals surface area contributed by atoms with Gasteiger partial charge in [0.15, 0.2) is 5.78 Å². The fourth-order valence-electron chi connectivity index (χ4n) is 2.45. The minimum Gasteiger partial charge on any atom is -0.289 e. The Hall–Kier alpha value is -2.98. The highest BCUT2D eigenvalue weighted by Crippen LogP contribution is 2.24. The SMILES string of the molecule is O=C(/C(=C\S(=O)(=O)c1ccccc1)c1ccccc1)c1ccccc1. The molecule has 0 bridgehead atoms. The van der Waals surface area contributed by atoms with Crippen molar-refractivity contribution in [3.8, 4) is 0 Å². The number of allylic oxidation sites excluding steroid dienone is 1. The monoisotopic (exact) mass is 348 g/mol. The van der Waals surface area contributed by atoms with E-state index in [2.05, 4.69) is 0 Å². The molecule has 0 aliphatic carbocycles. The van der Waals surface area contributed by atoms with Gasteiger partial charge in [0.1, 0.15) is 0 Å². The third-order valence-corrected chi connectivity index (χ3v) is 5.19. The summed E-state index contributed by atoms with van der Waals surface area (Å²) in [6, 6.07) is 25.6. The molecule has 0 amide bonds. The molecule has 3 aromatic carbocycles. The number of ketones is 1. The van der Waals surface area contributed by atoms with Gasteiger partial charge in [-0.1, -0.05) is 78.9 Å². The second-order valence-electron chi connectivity index (χ2n) is 5.45. The first-order chi connectivity index (χ1) is 12.1. The van der Waals surface area contributed by atoms with E-state index < -0.39 is 9.84 Å². The van der Waals surface area contributed by atoms with E-state index >= 15 is 0 Å². The third-order valence-electron chi connectivity index (χ3n) is 3.71. The van der Waals surface area contributed by atoms with Crippen molar-refractivity contribution < 1.29 is 13.2 Å². The van der Waals surface area contributed by atoms with Crippen LogP contribution in [0.2, 0.25) is 0 Å². The lowest BCUT2D eigenvalue weighted by atomic mass is 9.98. The van der Waals surface area contributed by atoms with Crippen LogP contribution in [0.4, 0.5) is 0 Å². The summed E-state index contributed by atoms with van der Waals surface area (Å²) in [6.07, 6.45) is 0. The second-order valence-corrected chi connectivity index (χ2v) is 7.25. The Morgan fingerprint density at radius 3 is 1.60 bits per heavy atom. The van der Waals surface area contributed by atoms with Crippen LogP contribution in [0.5, 0.6) is 0 Å². The number of rotatable bonds is 5. The Labute approximate surface area is 147 Å². The molecule has 0 aliphatic heterocycles. The summed E-state index contributed by atoms with van der Waals surface area (Å²) in [5, 5.41) is 1.06. The van der Waals surface area contributed by atoms with Gasteiger partial charge in [0, 0.05) is 16.5 Å². The molecular formula is C21H16O3S. The second kappa shape index (κ2) is 7.28. The van der Waals surface area contributed by atoms with E-state index in [0.717, 1.165) is 5.41 Å². The van der Waals surface area contributed by atoms with E-state index in [-0.39, 0.29) is 16.3 Å². The number of benzene rings is 3. The Balaban J connectivity index is 2.14. The molecule has 0 heterocycles. The van der Waals surface area contributed by atoms with Crippen LogP contribution in [0, 0.1) is 0 Å². The molecule has 0 fully saturated rings. The maximum atomic E-state index is 12.9. The number of hydrogen-bond acceptors (Lipinski definition) is 3. The topological polar surface area (TPSA) is 51.2 Å². The predicted octanol–water partition coefficient (Wildman–Crippen LogP) is 4.38. The summed E-state index contributed by atoms with van der Waals surface area (Å²) < 4.78 is 25.4. The van der Waals surface area contributed by atoms with Crippen molar-refractivity contribution in [3.05, 3.63) is 108 Å². The Bertz CT molecular complexity index is 991. The number of Topliss-reactive ketones (excluding diaryl/α,β-unsaturated/α-hetero) is 1. The van der Waals surface area contributed by atoms with Crippen LogP contribution in [-0.4, -0.2) is 14.2 Å². The molecule has 0 radical (unpaired) electrons. The van der Waals surface area contributed by atoms with Gasteiger partial charge in [-0.05, 0) is 17.7 Å². The molecule has 124 valence electrons. The van der Waals surface area contributed by atoms with Crippen LogP contribution in [-0.2, 0) is 9.84 Å². The molecule has 0 aromatic heterocycles. The molecule has 0 aliphatic rings. The fraction of sp³-hybridized carbons (Fsp3) is 0. The molecule has 0 spiro atoms. The largest absolute Gasteiger partial charge is 0.289 e. The van der Waals surface area contributed by atoms with Gasteiger partial charge in [-0.15, -0.1) is 0 Å². The van der Waals surface area contributed by atoms with Gasteiger partial charge in [0.2, 0.25) is 9.84 Å². The van der Waals surface area contributed by atoms with Crippen molar-refractivity contribution in [1.82, 2.24) is 0 Å². The number of carbonyl (C=O) groups is 1. The molecule has 4 heteroatoms. The van der Waals surface area contributed by atoms with Gasteiger partial charge in [-0.25, -0.2) is 8.42 Å². The summed E-state index contributed by atoms with van der Waals surface area (Å²) in [5.41, 5.74) is 1.16. The van der Waals surface area contributed by atoms with Crippen LogP contribution in [0.1, 0.15) is 15.9 Å². The minimum atomic E-state index is -3.74. The van der Waals surface area contributed by atoms with Crippen molar-refractivity contribution >= 4 is 21.2 Å². The van der Waals surface area contributed by atoms with Gasteiger partial charge in [0.05, 0.1) is 4.90 Å². The summed E-state index contributed by atoms with van der Waals surface area (Å²) in [4.78, 5) is 13.1. The van der Waals surface area contributed by atoms with E-state index in [4.69, 9.17) is 0 Å². The first-order valence-corrected chi connectivity index (χ1v) is 9.29. The fourth-order valence-corrected chi connectivity index (χ4v) is 3.67. The Kier molecular flexibility index (Phi) is 4.91. The summed E-state index contributed by atoms with van der Waals surface area (Å²) >= 11 is 0. The maximum absolute atomic E-state index is 12.9. The summed E-state index contributed by atoms with van der Waals surface area (Å²) in [6.45, 7) is 0. The summed E-state index contributed by atoms with van der Waals surface area (Å²) in [7, 11) is -3.74. The molecule has 3 nitrogen and oxygen atoms in total. The van der Waals surface area contributed by atoms with Crippen LogP contribution in [0.15, 0.2) is 101 Å². The van der Waals surface area contributed by atoms with Gasteiger partial charge >= 0.3 is 0 Å². The van der Waals surface area contributed by atoms with E-state index in [1.54, 1.807) is 66.7 Å². The van der Waals surface area contributed by atoms with Crippen molar-refractivity contribution in [2.75, 3.05) is 0 Å². The molecule has 3 aromatic rings. The lowest BCUT2D eigenvalue weighted by molar-refractivity contribution is 0.105. The van der Waals surface area contributed by atoms with Crippen molar-refractivity contribution in [2.45, 2.75) is 4.90 Å². The third kappa shape index (κ3) is 3.92. The van der Waals surface area contributed by atoms with E-state index in [0.29, 0.717) is 11.1 Å². The zero-order valence-electron chi connectivity index (χ0n) is 13.4. The zero-order valence-corrected chi connectivity index (χ0v) is 14.2. The number of hydrogen-bond donors (Lipinski definition) is 0. The van der Waals surface area contributed by atoms with Gasteiger partial charge in [-0.2, -0.15) is 0 Å². The molecule has 3 rings (SSSR count). The van der Waals surface area contributed by atoms with E-state index in [9.17, 15) is 13.2 Å². The van der Waals surface area contributed by atoms with Crippen LogP contribution in [0.3, 0.4) is 0 Å². The van der Waals surface area contributed by atoms with Gasteiger partial charge in [-0.3, -0.25) is 4.79 Å². The number of sulfone groups is 1. The quantitative estimate of drug-likeness (QED) is 0.508. The highest BCUT2D eigenvalue weighted by Gasteiger charge is 2.19. The first kappa shape index (κ1) is 16.9. The van der Waals surface area contributed by atoms with Crippen molar-refractivity contribution in [2.24, 2.45) is 0 Å². The highest BCUT2D eigenvalue weighted by atomic mass is 32.2.